The van der Waals surface area contributed by atoms with Crippen molar-refractivity contribution in [3.05, 3.63) is 0 Å². The number of fused-ring (bicyclic) bond motifs is 2. The Labute approximate surface area is 123 Å². The van der Waals surface area contributed by atoms with Gasteiger partial charge in [0.05, 0.1) is 5.04 Å². The molecule has 1 saturated heterocycles. The van der Waals surface area contributed by atoms with Crippen LogP contribution in [0, 0.1) is 17.8 Å². The zero-order valence-electron chi connectivity index (χ0n) is 11.6. The Morgan fingerprint density at radius 2 is 2.20 bits per heavy atom. The van der Waals surface area contributed by atoms with Gasteiger partial charge in [-0.05, 0) is 56.3 Å². The van der Waals surface area contributed by atoms with Gasteiger partial charge < -0.3 is 5.32 Å². The molecule has 2 aliphatic heterocycles. The number of carbonyl (C=O) groups excluding carboxylic acids is 2. The predicted octanol–water partition coefficient (Wildman–Crippen LogP) is 2.13. The van der Waals surface area contributed by atoms with E-state index >= 15 is 0 Å². The van der Waals surface area contributed by atoms with Crippen molar-refractivity contribution in [2.24, 2.45) is 22.7 Å². The van der Waals surface area contributed by atoms with Crippen molar-refractivity contribution in [2.45, 2.75) is 49.7 Å². The minimum Gasteiger partial charge on any atom is -0.354 e. The van der Waals surface area contributed by atoms with Gasteiger partial charge in [0.15, 0.2) is 4.75 Å². The van der Waals surface area contributed by atoms with Crippen LogP contribution < -0.4 is 5.32 Å². The summed E-state index contributed by atoms with van der Waals surface area (Å²) in [5.74, 6) is 2.13. The number of hydrogen-bond donors (Lipinski definition) is 1. The summed E-state index contributed by atoms with van der Waals surface area (Å²) < 4.78 is -0.912. The number of rotatable bonds is 2. The van der Waals surface area contributed by atoms with Gasteiger partial charge in [-0.15, -0.1) is 0 Å². The fraction of sp³-hybridized carbons (Fsp3) is 0.800. The van der Waals surface area contributed by atoms with Crippen LogP contribution >= 0.6 is 11.8 Å². The second kappa shape index (κ2) is 4.58. The van der Waals surface area contributed by atoms with Gasteiger partial charge in [0.25, 0.3) is 5.91 Å². The predicted molar refractivity (Wildman–Crippen MR) is 78.6 cm³/mol. The van der Waals surface area contributed by atoms with Crippen molar-refractivity contribution in [2.75, 3.05) is 6.54 Å². The highest BCUT2D eigenvalue weighted by Crippen LogP contribution is 2.51. The van der Waals surface area contributed by atoms with Crippen molar-refractivity contribution < 1.29 is 9.59 Å². The maximum absolute atomic E-state index is 12.2. The second-order valence-electron chi connectivity index (χ2n) is 6.74. The highest BCUT2D eigenvalue weighted by molar-refractivity contribution is 8.16. The topological polar surface area (TPSA) is 58.5 Å². The van der Waals surface area contributed by atoms with E-state index in [1.54, 1.807) is 0 Å². The number of nitrogens with zero attached hydrogens (tertiary/aromatic N) is 1. The summed E-state index contributed by atoms with van der Waals surface area (Å²) >= 11 is 1.45. The van der Waals surface area contributed by atoms with E-state index in [2.05, 4.69) is 10.3 Å². The number of piperidine rings is 1. The first-order valence-corrected chi connectivity index (χ1v) is 8.58. The molecule has 1 spiro atoms. The molecule has 2 amide bonds. The zero-order chi connectivity index (χ0) is 13.7. The van der Waals surface area contributed by atoms with E-state index in [0.717, 1.165) is 29.7 Å². The summed E-state index contributed by atoms with van der Waals surface area (Å²) in [6, 6.07) is 0. The van der Waals surface area contributed by atoms with Gasteiger partial charge in [-0.2, -0.15) is 0 Å². The molecule has 3 fully saturated rings. The van der Waals surface area contributed by atoms with E-state index in [4.69, 9.17) is 0 Å². The van der Waals surface area contributed by atoms with Gasteiger partial charge in [-0.1, -0.05) is 18.2 Å². The Hall–Kier alpha value is -0.840. The van der Waals surface area contributed by atoms with E-state index in [9.17, 15) is 9.59 Å². The molecule has 0 aromatic rings. The molecule has 1 N–H and O–H groups in total. The molecule has 2 bridgehead atoms. The van der Waals surface area contributed by atoms with E-state index < -0.39 is 4.75 Å². The molecule has 0 radical (unpaired) electrons. The van der Waals surface area contributed by atoms with Crippen molar-refractivity contribution >= 4 is 28.6 Å². The molecule has 0 aromatic heterocycles. The van der Waals surface area contributed by atoms with Gasteiger partial charge in [-0.3, -0.25) is 9.59 Å². The SMILES string of the molecule is O=C1N=C(C[C@H]2C[C@H]3CC[C@@H]2C3)SC12CCCNC2=O. The first kappa shape index (κ1) is 12.9. The molecular weight excluding hydrogens is 272 g/mol. The first-order chi connectivity index (χ1) is 9.67. The minimum absolute atomic E-state index is 0.120. The standard InChI is InChI=1S/C15H20N2O2S/c18-13-15(4-1-5-16-13)14(19)17-12(20-15)8-11-7-9-2-3-10(11)6-9/h9-11H,1-8H2,(H,16,18)/t9-,10+,11+,15?/m0/s1. The van der Waals surface area contributed by atoms with Crippen LogP contribution in [-0.4, -0.2) is 28.1 Å². The van der Waals surface area contributed by atoms with Crippen LogP contribution in [0.1, 0.15) is 44.9 Å². The highest BCUT2D eigenvalue weighted by Gasteiger charge is 2.53. The third-order valence-corrected chi connectivity index (χ3v) is 6.95. The maximum Gasteiger partial charge on any atom is 0.272 e. The average molecular weight is 292 g/mol. The molecule has 108 valence electrons. The molecule has 4 nitrogen and oxygen atoms in total. The molecular formula is C15H20N2O2S. The molecule has 2 saturated carbocycles. The quantitative estimate of drug-likeness (QED) is 0.793. The largest absolute Gasteiger partial charge is 0.354 e. The van der Waals surface area contributed by atoms with Gasteiger partial charge in [0, 0.05) is 6.54 Å². The Morgan fingerprint density at radius 3 is 2.90 bits per heavy atom. The fourth-order valence-corrected chi connectivity index (χ4v) is 5.88. The monoisotopic (exact) mass is 292 g/mol. The molecule has 4 aliphatic rings. The first-order valence-electron chi connectivity index (χ1n) is 7.77. The maximum atomic E-state index is 12.2. The van der Waals surface area contributed by atoms with Crippen LogP contribution in [0.3, 0.4) is 0 Å². The summed E-state index contributed by atoms with van der Waals surface area (Å²) in [6.45, 7) is 0.691. The lowest BCUT2D eigenvalue weighted by molar-refractivity contribution is -0.132. The van der Waals surface area contributed by atoms with E-state index in [-0.39, 0.29) is 11.8 Å². The van der Waals surface area contributed by atoms with Crippen LogP contribution in [0.25, 0.3) is 0 Å². The summed E-state index contributed by atoms with van der Waals surface area (Å²) in [6.07, 6.45) is 7.87. The van der Waals surface area contributed by atoms with E-state index in [0.29, 0.717) is 18.9 Å². The van der Waals surface area contributed by atoms with Gasteiger partial charge in [-0.25, -0.2) is 4.99 Å². The summed E-state index contributed by atoms with van der Waals surface area (Å²) in [7, 11) is 0. The number of nitrogens with one attached hydrogen (secondary N) is 1. The number of thioether (sulfide) groups is 1. The number of aliphatic imine (C=N–C) groups is 1. The Kier molecular flexibility index (Phi) is 2.95. The van der Waals surface area contributed by atoms with Crippen LogP contribution in [0.2, 0.25) is 0 Å². The number of carbonyl (C=O) groups is 2. The minimum atomic E-state index is -0.912. The summed E-state index contributed by atoms with van der Waals surface area (Å²) in [5, 5.41) is 3.75. The molecule has 4 rings (SSSR count). The van der Waals surface area contributed by atoms with Crippen LogP contribution in [0.4, 0.5) is 0 Å². The van der Waals surface area contributed by atoms with Gasteiger partial charge in [0.1, 0.15) is 0 Å². The number of hydrogen-bond acceptors (Lipinski definition) is 3. The summed E-state index contributed by atoms with van der Waals surface area (Å²) in [5.41, 5.74) is 0. The summed E-state index contributed by atoms with van der Waals surface area (Å²) in [4.78, 5) is 28.6. The van der Waals surface area contributed by atoms with Crippen molar-refractivity contribution in [3.8, 4) is 0 Å². The Balaban J connectivity index is 1.47. The average Bonchev–Trinajstić information content (AvgIpc) is 3.10. The Morgan fingerprint density at radius 1 is 1.30 bits per heavy atom. The molecule has 4 atom stereocenters. The lowest BCUT2D eigenvalue weighted by atomic mass is 9.87. The third kappa shape index (κ3) is 1.85. The van der Waals surface area contributed by atoms with E-state index in [1.807, 2.05) is 0 Å². The normalized spacial score (nSPS) is 43.2. The Bertz CT molecular complexity index is 504. The second-order valence-corrected chi connectivity index (χ2v) is 8.11. The lowest BCUT2D eigenvalue weighted by Gasteiger charge is -2.29. The van der Waals surface area contributed by atoms with Crippen LogP contribution in [0.5, 0.6) is 0 Å². The zero-order valence-corrected chi connectivity index (χ0v) is 12.4. The molecule has 2 aliphatic carbocycles. The van der Waals surface area contributed by atoms with Crippen molar-refractivity contribution in [1.82, 2.24) is 5.32 Å². The van der Waals surface area contributed by atoms with E-state index in [1.165, 1.54) is 37.4 Å². The molecule has 2 heterocycles. The van der Waals surface area contributed by atoms with Crippen LogP contribution in [-0.2, 0) is 9.59 Å². The van der Waals surface area contributed by atoms with Crippen molar-refractivity contribution in [3.63, 3.8) is 0 Å². The molecule has 0 aromatic carbocycles. The highest BCUT2D eigenvalue weighted by atomic mass is 32.2. The lowest BCUT2D eigenvalue weighted by Crippen LogP contribution is -2.52. The smallest absolute Gasteiger partial charge is 0.272 e. The molecule has 1 unspecified atom stereocenters. The third-order valence-electron chi connectivity index (χ3n) is 5.54. The van der Waals surface area contributed by atoms with Gasteiger partial charge in [0.2, 0.25) is 5.91 Å². The molecule has 5 heteroatoms. The fourth-order valence-electron chi connectivity index (χ4n) is 4.51. The van der Waals surface area contributed by atoms with Crippen molar-refractivity contribution in [1.29, 1.82) is 0 Å². The molecule has 20 heavy (non-hydrogen) atoms. The number of amides is 2. The van der Waals surface area contributed by atoms with Crippen LogP contribution in [0.15, 0.2) is 4.99 Å². The van der Waals surface area contributed by atoms with Gasteiger partial charge >= 0.3 is 0 Å².